The van der Waals surface area contributed by atoms with Gasteiger partial charge in [-0.15, -0.1) is 0 Å². The van der Waals surface area contributed by atoms with E-state index in [-0.39, 0.29) is 24.5 Å². The van der Waals surface area contributed by atoms with Gasteiger partial charge in [0.1, 0.15) is 0 Å². The first-order valence-electron chi connectivity index (χ1n) is 8.45. The van der Waals surface area contributed by atoms with Crippen LogP contribution in [0.4, 0.5) is 11.4 Å². The number of benzene rings is 2. The third kappa shape index (κ3) is 7.32. The largest absolute Gasteiger partial charge is 0.456 e. The van der Waals surface area contributed by atoms with E-state index in [9.17, 15) is 19.2 Å². The summed E-state index contributed by atoms with van der Waals surface area (Å²) in [5.74, 6) is -1.55. The van der Waals surface area contributed by atoms with Gasteiger partial charge < -0.3 is 15.4 Å². The molecule has 0 atom stereocenters. The number of carbonyl (C=O) groups is 4. The summed E-state index contributed by atoms with van der Waals surface area (Å²) in [5, 5.41) is 5.22. The van der Waals surface area contributed by atoms with Gasteiger partial charge >= 0.3 is 5.97 Å². The summed E-state index contributed by atoms with van der Waals surface area (Å²) in [4.78, 5) is 46.5. The fraction of sp³-hybridized carbons (Fsp3) is 0.200. The minimum atomic E-state index is -0.645. The quantitative estimate of drug-likeness (QED) is 0.476. The number of Topliss-reactive ketones (excluding diaryl/α,β-unsaturated/α-hetero) is 1. The van der Waals surface area contributed by atoms with Crippen LogP contribution in [-0.2, 0) is 19.1 Å². The van der Waals surface area contributed by atoms with E-state index in [4.69, 9.17) is 4.74 Å². The number of hydrogen-bond acceptors (Lipinski definition) is 5. The molecule has 0 fully saturated rings. The van der Waals surface area contributed by atoms with Gasteiger partial charge in [-0.1, -0.05) is 15.9 Å². The average molecular weight is 447 g/mol. The molecule has 0 aliphatic heterocycles. The summed E-state index contributed by atoms with van der Waals surface area (Å²) in [5.41, 5.74) is 1.64. The molecular formula is C20H19BrN2O5. The van der Waals surface area contributed by atoms with Gasteiger partial charge in [-0.3, -0.25) is 19.2 Å². The topological polar surface area (TPSA) is 102 Å². The van der Waals surface area contributed by atoms with Crippen molar-refractivity contribution in [3.05, 3.63) is 58.6 Å². The zero-order valence-electron chi connectivity index (χ0n) is 15.2. The van der Waals surface area contributed by atoms with Crippen molar-refractivity contribution in [2.75, 3.05) is 17.2 Å². The molecule has 7 nitrogen and oxygen atoms in total. The molecule has 2 rings (SSSR count). The van der Waals surface area contributed by atoms with Gasteiger partial charge in [0.2, 0.25) is 5.91 Å². The molecule has 0 aliphatic carbocycles. The van der Waals surface area contributed by atoms with E-state index in [0.29, 0.717) is 16.9 Å². The Kier molecular flexibility index (Phi) is 7.88. The van der Waals surface area contributed by atoms with E-state index >= 15 is 0 Å². The number of ketones is 1. The first-order valence-corrected chi connectivity index (χ1v) is 9.24. The predicted molar refractivity (Wildman–Crippen MR) is 108 cm³/mol. The SMILES string of the molecule is CC(=O)c1ccc(NC(=O)COC(=O)CCC(=O)Nc2ccc(Br)cc2)cc1. The van der Waals surface area contributed by atoms with Crippen LogP contribution in [-0.4, -0.2) is 30.2 Å². The van der Waals surface area contributed by atoms with Crippen molar-refractivity contribution >= 4 is 50.9 Å². The first kappa shape index (κ1) is 21.3. The second-order valence-corrected chi connectivity index (χ2v) is 6.81. The summed E-state index contributed by atoms with van der Waals surface area (Å²) >= 11 is 3.30. The van der Waals surface area contributed by atoms with Crippen molar-refractivity contribution in [2.24, 2.45) is 0 Å². The van der Waals surface area contributed by atoms with Crippen LogP contribution in [0.1, 0.15) is 30.1 Å². The molecule has 146 valence electrons. The highest BCUT2D eigenvalue weighted by molar-refractivity contribution is 9.10. The first-order chi connectivity index (χ1) is 13.3. The average Bonchev–Trinajstić information content (AvgIpc) is 2.67. The van der Waals surface area contributed by atoms with Crippen molar-refractivity contribution in [1.29, 1.82) is 0 Å². The van der Waals surface area contributed by atoms with Crippen molar-refractivity contribution in [1.82, 2.24) is 0 Å². The summed E-state index contributed by atoms with van der Waals surface area (Å²) in [6, 6.07) is 13.4. The Labute approximate surface area is 170 Å². The van der Waals surface area contributed by atoms with E-state index in [1.807, 2.05) is 0 Å². The lowest BCUT2D eigenvalue weighted by Gasteiger charge is -2.08. The normalized spacial score (nSPS) is 10.1. The molecule has 2 N–H and O–H groups in total. The van der Waals surface area contributed by atoms with E-state index in [1.165, 1.54) is 6.92 Å². The predicted octanol–water partition coefficient (Wildman–Crippen LogP) is 3.55. The Bertz CT molecular complexity index is 863. The van der Waals surface area contributed by atoms with Crippen molar-refractivity contribution in [2.45, 2.75) is 19.8 Å². The zero-order chi connectivity index (χ0) is 20.5. The van der Waals surface area contributed by atoms with Crippen molar-refractivity contribution in [3.63, 3.8) is 0 Å². The second kappa shape index (κ2) is 10.4. The summed E-state index contributed by atoms with van der Waals surface area (Å²) in [6.45, 7) is 0.994. The van der Waals surface area contributed by atoms with Crippen LogP contribution in [0.25, 0.3) is 0 Å². The Morgan fingerprint density at radius 1 is 0.821 bits per heavy atom. The molecule has 0 aliphatic rings. The molecule has 0 saturated carbocycles. The molecule has 2 amide bonds. The van der Waals surface area contributed by atoms with Crippen molar-refractivity contribution < 1.29 is 23.9 Å². The second-order valence-electron chi connectivity index (χ2n) is 5.90. The molecule has 8 heteroatoms. The number of anilines is 2. The van der Waals surface area contributed by atoms with E-state index in [1.54, 1.807) is 48.5 Å². The summed E-state index contributed by atoms with van der Waals surface area (Å²) in [6.07, 6.45) is -0.189. The number of ether oxygens (including phenoxy) is 1. The molecule has 0 bridgehead atoms. The Morgan fingerprint density at radius 2 is 1.36 bits per heavy atom. The molecule has 0 radical (unpaired) electrons. The number of esters is 1. The molecule has 28 heavy (non-hydrogen) atoms. The number of nitrogens with one attached hydrogen (secondary N) is 2. The van der Waals surface area contributed by atoms with Gasteiger partial charge in [-0.25, -0.2) is 0 Å². The smallest absolute Gasteiger partial charge is 0.306 e. The van der Waals surface area contributed by atoms with Gasteiger partial charge in [0.15, 0.2) is 12.4 Å². The molecule has 0 unspecified atom stereocenters. The van der Waals surface area contributed by atoms with E-state index in [2.05, 4.69) is 26.6 Å². The maximum atomic E-state index is 11.8. The molecular weight excluding hydrogens is 428 g/mol. The molecule has 0 saturated heterocycles. The minimum Gasteiger partial charge on any atom is -0.456 e. The number of hydrogen-bond donors (Lipinski definition) is 2. The van der Waals surface area contributed by atoms with Gasteiger partial charge in [0.05, 0.1) is 6.42 Å². The lowest BCUT2D eigenvalue weighted by molar-refractivity contribution is -0.147. The number of halogens is 1. The number of rotatable bonds is 8. The van der Waals surface area contributed by atoms with Gasteiger partial charge in [0, 0.05) is 27.8 Å². The van der Waals surface area contributed by atoms with Crippen LogP contribution < -0.4 is 10.6 Å². The van der Waals surface area contributed by atoms with Crippen LogP contribution in [0.3, 0.4) is 0 Å². The van der Waals surface area contributed by atoms with Gasteiger partial charge in [-0.2, -0.15) is 0 Å². The number of amides is 2. The summed E-state index contributed by atoms with van der Waals surface area (Å²) in [7, 11) is 0. The van der Waals surface area contributed by atoms with E-state index < -0.39 is 18.5 Å². The lowest BCUT2D eigenvalue weighted by Crippen LogP contribution is -2.21. The molecule has 0 heterocycles. The lowest BCUT2D eigenvalue weighted by atomic mass is 10.1. The van der Waals surface area contributed by atoms with Crippen LogP contribution >= 0.6 is 15.9 Å². The van der Waals surface area contributed by atoms with E-state index in [0.717, 1.165) is 4.47 Å². The zero-order valence-corrected chi connectivity index (χ0v) is 16.7. The highest BCUT2D eigenvalue weighted by atomic mass is 79.9. The van der Waals surface area contributed by atoms with Crippen LogP contribution in [0.5, 0.6) is 0 Å². The third-order valence-corrected chi connectivity index (χ3v) is 4.15. The maximum absolute atomic E-state index is 11.8. The maximum Gasteiger partial charge on any atom is 0.306 e. The summed E-state index contributed by atoms with van der Waals surface area (Å²) < 4.78 is 5.75. The fourth-order valence-electron chi connectivity index (χ4n) is 2.18. The fourth-order valence-corrected chi connectivity index (χ4v) is 2.44. The molecule has 2 aromatic rings. The monoisotopic (exact) mass is 446 g/mol. The minimum absolute atomic E-state index is 0.0526. The highest BCUT2D eigenvalue weighted by Crippen LogP contribution is 2.14. The standard InChI is InChI=1S/C20H19BrN2O5/c1-13(24)14-2-6-16(7-3-14)23-19(26)12-28-20(27)11-10-18(25)22-17-8-4-15(21)5-9-17/h2-9H,10-12H2,1H3,(H,22,25)(H,23,26). The molecule has 0 aromatic heterocycles. The third-order valence-electron chi connectivity index (χ3n) is 3.62. The van der Waals surface area contributed by atoms with Crippen molar-refractivity contribution in [3.8, 4) is 0 Å². The Morgan fingerprint density at radius 3 is 1.93 bits per heavy atom. The van der Waals surface area contributed by atoms with Gasteiger partial charge in [0.25, 0.3) is 5.91 Å². The number of carbonyl (C=O) groups excluding carboxylic acids is 4. The van der Waals surface area contributed by atoms with Gasteiger partial charge in [-0.05, 0) is 55.5 Å². The molecule has 2 aromatic carbocycles. The highest BCUT2D eigenvalue weighted by Gasteiger charge is 2.11. The Balaban J connectivity index is 1.68. The van der Waals surface area contributed by atoms with Crippen LogP contribution in [0.2, 0.25) is 0 Å². The van der Waals surface area contributed by atoms with Crippen LogP contribution in [0, 0.1) is 0 Å². The Hall–Kier alpha value is -3.00. The van der Waals surface area contributed by atoms with Crippen LogP contribution in [0.15, 0.2) is 53.0 Å². The molecule has 0 spiro atoms.